The highest BCUT2D eigenvalue weighted by molar-refractivity contribution is 5.89. The molecule has 0 amide bonds. The third kappa shape index (κ3) is 25.0. The summed E-state index contributed by atoms with van der Waals surface area (Å²) in [6.07, 6.45) is 0.556. The molecule has 76 valence electrons. The molecule has 6 heteroatoms. The van der Waals surface area contributed by atoms with Crippen molar-refractivity contribution in [2.75, 3.05) is 6.61 Å². The summed E-state index contributed by atoms with van der Waals surface area (Å²) in [6.45, 7) is 1.39. The van der Waals surface area contributed by atoms with Crippen molar-refractivity contribution < 1.29 is 30.0 Å². The van der Waals surface area contributed by atoms with E-state index in [1.165, 1.54) is 6.92 Å². The van der Waals surface area contributed by atoms with Crippen molar-refractivity contribution in [3.8, 4) is 0 Å². The van der Waals surface area contributed by atoms with E-state index in [0.717, 1.165) is 0 Å². The number of aliphatic hydroxyl groups excluding tert-OH is 2. The molecule has 0 rings (SSSR count). The number of carbonyl (C=O) groups is 2. The minimum Gasteiger partial charge on any atom is -0.478 e. The molecule has 0 aliphatic carbocycles. The Morgan fingerprint density at radius 2 is 1.46 bits per heavy atom. The smallest absolute Gasteiger partial charge is 0.328 e. The summed E-state index contributed by atoms with van der Waals surface area (Å²) in [5, 5.41) is 31.6. The molecular weight excluding hydrogens is 180 g/mol. The van der Waals surface area contributed by atoms with Gasteiger partial charge in [0.05, 0.1) is 12.7 Å². The molecule has 0 radical (unpaired) electrons. The summed E-state index contributed by atoms with van der Waals surface area (Å²) < 4.78 is 0. The highest BCUT2D eigenvalue weighted by Crippen LogP contribution is 1.70. The van der Waals surface area contributed by atoms with Gasteiger partial charge in [0.25, 0.3) is 0 Å². The van der Waals surface area contributed by atoms with Crippen molar-refractivity contribution in [3.63, 3.8) is 0 Å². The van der Waals surface area contributed by atoms with Gasteiger partial charge in [0, 0.05) is 12.2 Å². The van der Waals surface area contributed by atoms with Crippen molar-refractivity contribution in [2.45, 2.75) is 13.0 Å². The maximum absolute atomic E-state index is 9.55. The van der Waals surface area contributed by atoms with Crippen LogP contribution in [-0.4, -0.2) is 45.1 Å². The summed E-state index contributed by atoms with van der Waals surface area (Å²) in [5.41, 5.74) is 0. The maximum Gasteiger partial charge on any atom is 0.328 e. The molecule has 0 saturated carbocycles. The minimum absolute atomic E-state index is 0.139. The fourth-order valence-corrected chi connectivity index (χ4v) is 0.143. The lowest BCUT2D eigenvalue weighted by atomic mass is 10.5. The van der Waals surface area contributed by atoms with Crippen molar-refractivity contribution in [1.82, 2.24) is 0 Å². The highest BCUT2D eigenvalue weighted by Gasteiger charge is 1.88. The molecular formula is C7H12O6. The Balaban J connectivity index is 0. The molecule has 0 fully saturated rings. The highest BCUT2D eigenvalue weighted by atomic mass is 16.4. The third-order valence-corrected chi connectivity index (χ3v) is 0.633. The first-order valence-corrected chi connectivity index (χ1v) is 3.33. The lowest BCUT2D eigenvalue weighted by molar-refractivity contribution is -0.134. The first kappa shape index (κ1) is 14.1. The average molecular weight is 192 g/mol. The molecule has 1 atom stereocenters. The Labute approximate surface area is 74.7 Å². The van der Waals surface area contributed by atoms with Gasteiger partial charge < -0.3 is 20.4 Å². The van der Waals surface area contributed by atoms with Crippen LogP contribution in [0.4, 0.5) is 0 Å². The monoisotopic (exact) mass is 192 g/mol. The second-order valence-corrected chi connectivity index (χ2v) is 2.04. The van der Waals surface area contributed by atoms with Crippen LogP contribution in [0.2, 0.25) is 0 Å². The number of hydrogen-bond donors (Lipinski definition) is 4. The molecule has 13 heavy (non-hydrogen) atoms. The molecule has 0 bridgehead atoms. The normalized spacial score (nSPS) is 11.6. The number of carboxylic acid groups (broad SMARTS) is 2. The van der Waals surface area contributed by atoms with Crippen molar-refractivity contribution in [1.29, 1.82) is 0 Å². The van der Waals surface area contributed by atoms with E-state index in [4.69, 9.17) is 20.4 Å². The Kier molecular flexibility index (Phi) is 9.46. The lowest BCUT2D eigenvalue weighted by Crippen LogP contribution is -2.03. The van der Waals surface area contributed by atoms with Gasteiger partial charge in [0.2, 0.25) is 0 Å². The second-order valence-electron chi connectivity index (χ2n) is 2.04. The molecule has 4 N–H and O–H groups in total. The van der Waals surface area contributed by atoms with E-state index in [1.807, 2.05) is 0 Å². The molecule has 6 nitrogen and oxygen atoms in total. The van der Waals surface area contributed by atoms with Crippen LogP contribution in [0.1, 0.15) is 6.92 Å². The van der Waals surface area contributed by atoms with Gasteiger partial charge in [-0.15, -0.1) is 0 Å². The van der Waals surface area contributed by atoms with Crippen LogP contribution in [0.25, 0.3) is 0 Å². The van der Waals surface area contributed by atoms with Crippen LogP contribution in [-0.2, 0) is 9.59 Å². The zero-order valence-corrected chi connectivity index (χ0v) is 7.04. The van der Waals surface area contributed by atoms with Gasteiger partial charge in [0.15, 0.2) is 0 Å². The van der Waals surface area contributed by atoms with E-state index in [1.54, 1.807) is 0 Å². The second kappa shape index (κ2) is 8.69. The van der Waals surface area contributed by atoms with Gasteiger partial charge in [0.1, 0.15) is 0 Å². The summed E-state index contributed by atoms with van der Waals surface area (Å²) in [5.74, 6) is -2.51. The Morgan fingerprint density at radius 3 is 1.54 bits per heavy atom. The topological polar surface area (TPSA) is 115 Å². The minimum atomic E-state index is -1.26. The number of aliphatic hydroxyl groups is 2. The summed E-state index contributed by atoms with van der Waals surface area (Å²) in [7, 11) is 0. The van der Waals surface area contributed by atoms with Gasteiger partial charge in [-0.25, -0.2) is 9.59 Å². The lowest BCUT2D eigenvalue weighted by Gasteiger charge is -1.90. The number of carboxylic acids is 2. The third-order valence-electron chi connectivity index (χ3n) is 0.633. The van der Waals surface area contributed by atoms with Crippen LogP contribution < -0.4 is 0 Å². The average Bonchev–Trinajstić information content (AvgIpc) is 2.02. The molecule has 0 aliphatic rings. The Morgan fingerprint density at radius 1 is 1.23 bits per heavy atom. The molecule has 0 aromatic carbocycles. The molecule has 0 spiro atoms. The van der Waals surface area contributed by atoms with Gasteiger partial charge >= 0.3 is 11.9 Å². The van der Waals surface area contributed by atoms with Crippen LogP contribution >= 0.6 is 0 Å². The Hall–Kier alpha value is -1.40. The molecule has 0 saturated heterocycles. The van der Waals surface area contributed by atoms with Crippen molar-refractivity contribution in [3.05, 3.63) is 12.2 Å². The first-order valence-electron chi connectivity index (χ1n) is 3.33. The SMILES string of the molecule is CC(O)CO.O=C(O)/C=C/C(=O)O. The van der Waals surface area contributed by atoms with Crippen LogP contribution in [0, 0.1) is 0 Å². The van der Waals surface area contributed by atoms with Gasteiger partial charge in [-0.05, 0) is 6.92 Å². The number of hydrogen-bond acceptors (Lipinski definition) is 4. The van der Waals surface area contributed by atoms with E-state index in [2.05, 4.69) is 0 Å². The van der Waals surface area contributed by atoms with E-state index >= 15 is 0 Å². The summed E-state index contributed by atoms with van der Waals surface area (Å²) >= 11 is 0. The zero-order valence-electron chi connectivity index (χ0n) is 7.04. The van der Waals surface area contributed by atoms with Gasteiger partial charge in [-0.1, -0.05) is 0 Å². The summed E-state index contributed by atoms with van der Waals surface area (Å²) in [4.78, 5) is 19.1. The van der Waals surface area contributed by atoms with E-state index < -0.39 is 18.0 Å². The summed E-state index contributed by atoms with van der Waals surface area (Å²) in [6, 6.07) is 0. The largest absolute Gasteiger partial charge is 0.478 e. The van der Waals surface area contributed by atoms with E-state index in [0.29, 0.717) is 12.2 Å². The standard InChI is InChI=1S/C4H4O4.C3H8O2/c5-3(6)1-2-4(7)8;1-3(5)2-4/h1-2H,(H,5,6)(H,7,8);3-5H,2H2,1H3/b2-1+;. The molecule has 0 aromatic heterocycles. The van der Waals surface area contributed by atoms with Gasteiger partial charge in [-0.3, -0.25) is 0 Å². The molecule has 0 aromatic rings. The molecule has 0 aliphatic heterocycles. The van der Waals surface area contributed by atoms with Gasteiger partial charge in [-0.2, -0.15) is 0 Å². The zero-order chi connectivity index (χ0) is 10.9. The van der Waals surface area contributed by atoms with E-state index in [-0.39, 0.29) is 6.61 Å². The fraction of sp³-hybridized carbons (Fsp3) is 0.429. The fourth-order valence-electron chi connectivity index (χ4n) is 0.143. The van der Waals surface area contributed by atoms with Crippen LogP contribution in [0.15, 0.2) is 12.2 Å². The number of rotatable bonds is 3. The predicted octanol–water partition coefficient (Wildman–Crippen LogP) is -0.929. The number of aliphatic carboxylic acids is 2. The molecule has 0 heterocycles. The molecule has 1 unspecified atom stereocenters. The maximum atomic E-state index is 9.55. The Bertz CT molecular complexity index is 167. The predicted molar refractivity (Wildman–Crippen MR) is 43.2 cm³/mol. The van der Waals surface area contributed by atoms with Crippen molar-refractivity contribution >= 4 is 11.9 Å². The van der Waals surface area contributed by atoms with Crippen LogP contribution in [0.3, 0.4) is 0 Å². The quantitative estimate of drug-likeness (QED) is 0.429. The van der Waals surface area contributed by atoms with Crippen LogP contribution in [0.5, 0.6) is 0 Å². The van der Waals surface area contributed by atoms with E-state index in [9.17, 15) is 9.59 Å². The first-order chi connectivity index (χ1) is 5.90. The van der Waals surface area contributed by atoms with Crippen molar-refractivity contribution in [2.24, 2.45) is 0 Å².